The van der Waals surface area contributed by atoms with Gasteiger partial charge in [0.25, 0.3) is 5.91 Å². The molecule has 1 atom stereocenters. The number of hydrogen-bond acceptors (Lipinski definition) is 6. The van der Waals surface area contributed by atoms with Crippen molar-refractivity contribution in [3.8, 4) is 0 Å². The molecular formula is C19H30N4O5. The van der Waals surface area contributed by atoms with E-state index in [1.807, 2.05) is 35.8 Å². The van der Waals surface area contributed by atoms with E-state index < -0.39 is 29.7 Å². The maximum Gasteiger partial charge on any atom is 0.408 e. The zero-order valence-electron chi connectivity index (χ0n) is 16.6. The van der Waals surface area contributed by atoms with Crippen LogP contribution in [0.2, 0.25) is 0 Å². The van der Waals surface area contributed by atoms with Crippen LogP contribution in [0.15, 0.2) is 30.3 Å². The number of rotatable bonds is 9. The van der Waals surface area contributed by atoms with Crippen molar-refractivity contribution >= 4 is 18.1 Å². The van der Waals surface area contributed by atoms with Crippen LogP contribution in [0.4, 0.5) is 9.59 Å². The number of unbranched alkanes of at least 4 members (excludes halogenated alkanes) is 1. The lowest BCUT2D eigenvalue weighted by Crippen LogP contribution is -2.49. The fourth-order valence-electron chi connectivity index (χ4n) is 2.25. The fraction of sp³-hybridized carbons (Fsp3) is 0.526. The molecule has 1 aromatic rings. The molecule has 9 heteroatoms. The standard InChI is InChI=1S/C19H30N4O5/c1-19(2,3)28-17(25)21-12-8-7-11-15(16(24)23-20)22-18(26)27-13-14-9-5-4-6-10-14/h4-6,9-10,15H,7-8,11-13,20H2,1-3H3,(H,21,25)(H,22,26)(H,23,24). The SMILES string of the molecule is CC(C)(C)OC(=O)NCCCCC(NC(=O)OCc1ccccc1)C(=O)NN. The van der Waals surface area contributed by atoms with Crippen LogP contribution in [0.5, 0.6) is 0 Å². The predicted octanol–water partition coefficient (Wildman–Crippen LogP) is 1.97. The van der Waals surface area contributed by atoms with Gasteiger partial charge in [0.05, 0.1) is 0 Å². The smallest absolute Gasteiger partial charge is 0.408 e. The average Bonchev–Trinajstić information content (AvgIpc) is 2.64. The van der Waals surface area contributed by atoms with Gasteiger partial charge in [0.15, 0.2) is 0 Å². The van der Waals surface area contributed by atoms with E-state index in [4.69, 9.17) is 15.3 Å². The molecule has 28 heavy (non-hydrogen) atoms. The molecule has 0 saturated heterocycles. The van der Waals surface area contributed by atoms with Gasteiger partial charge in [-0.25, -0.2) is 15.4 Å². The molecule has 0 aliphatic rings. The van der Waals surface area contributed by atoms with Crippen LogP contribution in [-0.2, 0) is 20.9 Å². The van der Waals surface area contributed by atoms with Gasteiger partial charge in [-0.05, 0) is 45.6 Å². The number of hydrogen-bond donors (Lipinski definition) is 4. The molecule has 1 unspecified atom stereocenters. The van der Waals surface area contributed by atoms with E-state index in [1.54, 1.807) is 20.8 Å². The summed E-state index contributed by atoms with van der Waals surface area (Å²) < 4.78 is 10.2. The second-order valence-corrected chi connectivity index (χ2v) is 7.19. The van der Waals surface area contributed by atoms with E-state index in [0.717, 1.165) is 5.56 Å². The topological polar surface area (TPSA) is 132 Å². The van der Waals surface area contributed by atoms with Crippen molar-refractivity contribution in [2.75, 3.05) is 6.54 Å². The number of nitrogens with two attached hydrogens (primary N) is 1. The Morgan fingerprint density at radius 3 is 2.36 bits per heavy atom. The van der Waals surface area contributed by atoms with Gasteiger partial charge >= 0.3 is 12.2 Å². The number of hydrazine groups is 1. The molecule has 0 aliphatic carbocycles. The van der Waals surface area contributed by atoms with Crippen LogP contribution >= 0.6 is 0 Å². The maximum atomic E-state index is 11.9. The zero-order valence-corrected chi connectivity index (χ0v) is 16.6. The Morgan fingerprint density at radius 2 is 1.75 bits per heavy atom. The lowest BCUT2D eigenvalue weighted by molar-refractivity contribution is -0.123. The molecule has 0 saturated carbocycles. The Balaban J connectivity index is 2.33. The Hall–Kier alpha value is -2.81. The summed E-state index contributed by atoms with van der Waals surface area (Å²) in [6, 6.07) is 8.38. The van der Waals surface area contributed by atoms with Crippen LogP contribution in [-0.4, -0.2) is 36.3 Å². The number of carbonyl (C=O) groups excluding carboxylic acids is 3. The quantitative estimate of drug-likeness (QED) is 0.219. The van der Waals surface area contributed by atoms with Crippen molar-refractivity contribution in [3.63, 3.8) is 0 Å². The summed E-state index contributed by atoms with van der Waals surface area (Å²) in [5.41, 5.74) is 2.31. The second kappa shape index (κ2) is 11.8. The number of carbonyl (C=O) groups is 3. The van der Waals surface area contributed by atoms with Gasteiger partial charge in [-0.3, -0.25) is 10.2 Å². The maximum absolute atomic E-state index is 11.9. The first-order valence-electron chi connectivity index (χ1n) is 9.16. The predicted molar refractivity (Wildman–Crippen MR) is 104 cm³/mol. The lowest BCUT2D eigenvalue weighted by Gasteiger charge is -2.20. The van der Waals surface area contributed by atoms with Crippen molar-refractivity contribution < 1.29 is 23.9 Å². The highest BCUT2D eigenvalue weighted by atomic mass is 16.6. The normalized spacial score (nSPS) is 11.9. The van der Waals surface area contributed by atoms with E-state index in [-0.39, 0.29) is 6.61 Å². The van der Waals surface area contributed by atoms with Crippen LogP contribution in [0.25, 0.3) is 0 Å². The number of benzene rings is 1. The molecule has 0 radical (unpaired) electrons. The minimum Gasteiger partial charge on any atom is -0.445 e. The van der Waals surface area contributed by atoms with E-state index in [2.05, 4.69) is 10.6 Å². The minimum absolute atomic E-state index is 0.101. The molecule has 0 aliphatic heterocycles. The van der Waals surface area contributed by atoms with E-state index in [0.29, 0.717) is 25.8 Å². The molecule has 1 rings (SSSR count). The molecule has 0 aromatic heterocycles. The average molecular weight is 394 g/mol. The second-order valence-electron chi connectivity index (χ2n) is 7.19. The van der Waals surface area contributed by atoms with Crippen LogP contribution < -0.4 is 21.9 Å². The molecule has 1 aromatic carbocycles. The van der Waals surface area contributed by atoms with Crippen molar-refractivity contribution in [2.45, 2.75) is 58.3 Å². The van der Waals surface area contributed by atoms with Gasteiger partial charge < -0.3 is 20.1 Å². The number of ether oxygens (including phenoxy) is 2. The van der Waals surface area contributed by atoms with E-state index in [1.165, 1.54) is 0 Å². The molecule has 3 amide bonds. The van der Waals surface area contributed by atoms with Crippen molar-refractivity contribution in [3.05, 3.63) is 35.9 Å². The van der Waals surface area contributed by atoms with Crippen molar-refractivity contribution in [1.29, 1.82) is 0 Å². The molecule has 0 bridgehead atoms. The van der Waals surface area contributed by atoms with Gasteiger partial charge in [-0.1, -0.05) is 30.3 Å². The molecule has 0 fully saturated rings. The first-order chi connectivity index (χ1) is 13.2. The third kappa shape index (κ3) is 10.4. The van der Waals surface area contributed by atoms with Gasteiger partial charge in [0.2, 0.25) is 0 Å². The van der Waals surface area contributed by atoms with Gasteiger partial charge in [0, 0.05) is 6.54 Å². The molecule has 156 valence electrons. The molecule has 0 heterocycles. The highest BCUT2D eigenvalue weighted by molar-refractivity contribution is 5.85. The van der Waals surface area contributed by atoms with E-state index >= 15 is 0 Å². The van der Waals surface area contributed by atoms with Gasteiger partial charge in [0.1, 0.15) is 18.2 Å². The Bertz CT molecular complexity index is 631. The highest BCUT2D eigenvalue weighted by Crippen LogP contribution is 2.07. The molecule has 9 nitrogen and oxygen atoms in total. The van der Waals surface area contributed by atoms with Crippen LogP contribution in [0.1, 0.15) is 45.6 Å². The van der Waals surface area contributed by atoms with Gasteiger partial charge in [-0.15, -0.1) is 0 Å². The molecule has 0 spiro atoms. The first-order valence-corrected chi connectivity index (χ1v) is 9.16. The number of nitrogens with one attached hydrogen (secondary N) is 3. The largest absolute Gasteiger partial charge is 0.445 e. The number of alkyl carbamates (subject to hydrolysis) is 2. The number of amides is 3. The summed E-state index contributed by atoms with van der Waals surface area (Å²) in [6.07, 6.45) is 0.330. The Kier molecular flexibility index (Phi) is 9.80. The third-order valence-corrected chi connectivity index (χ3v) is 3.55. The van der Waals surface area contributed by atoms with E-state index in [9.17, 15) is 14.4 Å². The minimum atomic E-state index is -0.824. The monoisotopic (exact) mass is 394 g/mol. The first kappa shape index (κ1) is 23.2. The summed E-state index contributed by atoms with van der Waals surface area (Å²) in [5.74, 6) is 4.66. The summed E-state index contributed by atoms with van der Waals surface area (Å²) in [4.78, 5) is 35.3. The summed E-state index contributed by atoms with van der Waals surface area (Å²) in [6.45, 7) is 5.84. The summed E-state index contributed by atoms with van der Waals surface area (Å²) >= 11 is 0. The summed E-state index contributed by atoms with van der Waals surface area (Å²) in [5, 5.41) is 5.14. The summed E-state index contributed by atoms with van der Waals surface area (Å²) in [7, 11) is 0. The van der Waals surface area contributed by atoms with Crippen LogP contribution in [0.3, 0.4) is 0 Å². The fourth-order valence-corrected chi connectivity index (χ4v) is 2.25. The van der Waals surface area contributed by atoms with Gasteiger partial charge in [-0.2, -0.15) is 0 Å². The molecule has 5 N–H and O–H groups in total. The Labute approximate surface area is 165 Å². The van der Waals surface area contributed by atoms with Crippen molar-refractivity contribution in [2.24, 2.45) is 5.84 Å². The highest BCUT2D eigenvalue weighted by Gasteiger charge is 2.20. The molecular weight excluding hydrogens is 364 g/mol. The van der Waals surface area contributed by atoms with Crippen LogP contribution in [0, 0.1) is 0 Å². The Morgan fingerprint density at radius 1 is 1.07 bits per heavy atom. The van der Waals surface area contributed by atoms with Crippen molar-refractivity contribution in [1.82, 2.24) is 16.1 Å². The lowest BCUT2D eigenvalue weighted by atomic mass is 10.1. The third-order valence-electron chi connectivity index (χ3n) is 3.55. The zero-order chi connectivity index (χ0) is 21.0.